The first-order chi connectivity index (χ1) is 18.9. The summed E-state index contributed by atoms with van der Waals surface area (Å²) in [6, 6.07) is 0. The van der Waals surface area contributed by atoms with E-state index < -0.39 is 0 Å². The summed E-state index contributed by atoms with van der Waals surface area (Å²) >= 11 is 0. The number of aliphatic hydroxyl groups excluding tert-OH is 1. The molecule has 6 unspecified atom stereocenters. The lowest BCUT2D eigenvalue weighted by molar-refractivity contribution is -0.140. The highest BCUT2D eigenvalue weighted by molar-refractivity contribution is 5.86. The molecule has 1 N–H and O–H groups in total. The van der Waals surface area contributed by atoms with Crippen LogP contribution in [0.25, 0.3) is 0 Å². The summed E-state index contributed by atoms with van der Waals surface area (Å²) in [5.41, 5.74) is 4.61. The molecule has 0 rings (SSSR count). The SMILES string of the molecule is C=C(C)C(=O)OCC(CCCO)C/C(C)=C/C=C(\C)C(C)CCC(C)C(C)CCC(C)/C(C)=C/CC(CC)OC. The van der Waals surface area contributed by atoms with Crippen molar-refractivity contribution in [3.8, 4) is 0 Å². The average molecular weight is 561 g/mol. The van der Waals surface area contributed by atoms with Gasteiger partial charge in [0.25, 0.3) is 0 Å². The van der Waals surface area contributed by atoms with Gasteiger partial charge in [0.05, 0.1) is 12.7 Å². The van der Waals surface area contributed by atoms with Crippen molar-refractivity contribution in [1.82, 2.24) is 0 Å². The minimum Gasteiger partial charge on any atom is -0.462 e. The lowest BCUT2D eigenvalue weighted by Crippen LogP contribution is -2.15. The maximum absolute atomic E-state index is 11.8. The van der Waals surface area contributed by atoms with Gasteiger partial charge in [-0.1, -0.05) is 76.1 Å². The lowest BCUT2D eigenvalue weighted by Gasteiger charge is -2.24. The van der Waals surface area contributed by atoms with E-state index in [0.29, 0.717) is 36.5 Å². The number of hydrogen-bond acceptors (Lipinski definition) is 4. The third-order valence-corrected chi connectivity index (χ3v) is 8.94. The van der Waals surface area contributed by atoms with Gasteiger partial charge in [-0.25, -0.2) is 4.79 Å². The Labute approximate surface area is 248 Å². The van der Waals surface area contributed by atoms with E-state index in [9.17, 15) is 9.90 Å². The summed E-state index contributed by atoms with van der Waals surface area (Å²) in [6.45, 7) is 24.3. The number of ether oxygens (including phenoxy) is 2. The van der Waals surface area contributed by atoms with Crippen LogP contribution in [0.2, 0.25) is 0 Å². The molecular formula is C36H64O4. The minimum atomic E-state index is -0.340. The van der Waals surface area contributed by atoms with Crippen molar-refractivity contribution < 1.29 is 19.4 Å². The summed E-state index contributed by atoms with van der Waals surface area (Å²) in [7, 11) is 1.81. The molecular weight excluding hydrogens is 496 g/mol. The standard InChI is InChI=1S/C36H64O4/c1-12-35(39-11)22-21-33(10)32(9)20-19-31(8)30(7)18-17-29(6)28(5)16-15-27(4)24-34(14-13-23-37)25-40-36(38)26(2)3/h15-16,21,29-32,34-35,37H,2,12-14,17-20,22-25H2,1,3-11H3/b27-15+,28-16+,33-21+. The van der Waals surface area contributed by atoms with Gasteiger partial charge in [-0.05, 0) is 115 Å². The highest BCUT2D eigenvalue weighted by atomic mass is 16.5. The van der Waals surface area contributed by atoms with Crippen LogP contribution in [0.3, 0.4) is 0 Å². The van der Waals surface area contributed by atoms with Gasteiger partial charge < -0.3 is 14.6 Å². The van der Waals surface area contributed by atoms with E-state index in [1.165, 1.54) is 42.4 Å². The molecule has 0 aliphatic heterocycles. The molecule has 0 aromatic carbocycles. The molecule has 0 fully saturated rings. The van der Waals surface area contributed by atoms with Crippen LogP contribution < -0.4 is 0 Å². The molecule has 232 valence electrons. The van der Waals surface area contributed by atoms with Crippen molar-refractivity contribution in [3.63, 3.8) is 0 Å². The topological polar surface area (TPSA) is 55.8 Å². The van der Waals surface area contributed by atoms with E-state index in [-0.39, 0.29) is 18.5 Å². The molecule has 0 saturated carbocycles. The molecule has 0 amide bonds. The van der Waals surface area contributed by atoms with Gasteiger partial charge in [0, 0.05) is 19.3 Å². The Balaban J connectivity index is 4.74. The maximum Gasteiger partial charge on any atom is 0.333 e. The largest absolute Gasteiger partial charge is 0.462 e. The minimum absolute atomic E-state index is 0.158. The number of hydrogen-bond donors (Lipinski definition) is 1. The Morgan fingerprint density at radius 3 is 1.95 bits per heavy atom. The van der Waals surface area contributed by atoms with Crippen LogP contribution >= 0.6 is 0 Å². The summed E-state index contributed by atoms with van der Waals surface area (Å²) in [5.74, 6) is 2.50. The van der Waals surface area contributed by atoms with Crippen molar-refractivity contribution >= 4 is 5.97 Å². The zero-order valence-electron chi connectivity index (χ0n) is 27.9. The van der Waals surface area contributed by atoms with Gasteiger partial charge in [0.2, 0.25) is 0 Å². The first kappa shape index (κ1) is 38.4. The Bertz CT molecular complexity index is 802. The second-order valence-corrected chi connectivity index (χ2v) is 12.6. The van der Waals surface area contributed by atoms with Gasteiger partial charge in [0.1, 0.15) is 0 Å². The predicted octanol–water partition coefficient (Wildman–Crippen LogP) is 9.64. The monoisotopic (exact) mass is 560 g/mol. The van der Waals surface area contributed by atoms with Crippen LogP contribution in [0.1, 0.15) is 120 Å². The Kier molecular flexibility index (Phi) is 21.1. The molecule has 0 aliphatic rings. The molecule has 6 atom stereocenters. The number of aliphatic hydroxyl groups is 1. The quantitative estimate of drug-likeness (QED) is 0.0620. The predicted molar refractivity (Wildman–Crippen MR) is 172 cm³/mol. The number of allylic oxidation sites excluding steroid dienone is 5. The summed E-state index contributed by atoms with van der Waals surface area (Å²) in [5, 5.41) is 9.25. The van der Waals surface area contributed by atoms with E-state index in [2.05, 4.69) is 80.2 Å². The molecule has 0 aromatic heterocycles. The molecule has 4 nitrogen and oxygen atoms in total. The van der Waals surface area contributed by atoms with Crippen molar-refractivity contribution in [1.29, 1.82) is 0 Å². The zero-order valence-corrected chi connectivity index (χ0v) is 27.9. The molecule has 0 saturated heterocycles. The molecule has 40 heavy (non-hydrogen) atoms. The van der Waals surface area contributed by atoms with Crippen molar-refractivity contribution in [3.05, 3.63) is 47.1 Å². The number of esters is 1. The summed E-state index contributed by atoms with van der Waals surface area (Å²) in [6.07, 6.45) is 16.7. The van der Waals surface area contributed by atoms with Crippen LogP contribution in [0.5, 0.6) is 0 Å². The normalized spacial score (nSPS) is 17.6. The average Bonchev–Trinajstić information content (AvgIpc) is 2.94. The number of carbonyl (C=O) groups excluding carboxylic acids is 1. The van der Waals surface area contributed by atoms with E-state index in [4.69, 9.17) is 9.47 Å². The van der Waals surface area contributed by atoms with Crippen LogP contribution in [0.4, 0.5) is 0 Å². The number of rotatable bonds is 22. The van der Waals surface area contributed by atoms with Crippen LogP contribution in [0, 0.1) is 29.6 Å². The van der Waals surface area contributed by atoms with Gasteiger partial charge in [-0.2, -0.15) is 0 Å². The maximum atomic E-state index is 11.8. The molecule has 0 radical (unpaired) electrons. The molecule has 0 spiro atoms. The fourth-order valence-electron chi connectivity index (χ4n) is 4.90. The molecule has 0 aliphatic carbocycles. The van der Waals surface area contributed by atoms with E-state index in [1.807, 2.05) is 7.11 Å². The van der Waals surface area contributed by atoms with Crippen molar-refractivity contribution in [2.24, 2.45) is 29.6 Å². The second kappa shape index (κ2) is 22.0. The second-order valence-electron chi connectivity index (χ2n) is 12.6. The van der Waals surface area contributed by atoms with Gasteiger partial charge in [0.15, 0.2) is 0 Å². The molecule has 4 heteroatoms. The van der Waals surface area contributed by atoms with E-state index >= 15 is 0 Å². The van der Waals surface area contributed by atoms with Gasteiger partial charge in [-0.15, -0.1) is 0 Å². The Morgan fingerprint density at radius 1 is 0.875 bits per heavy atom. The number of carbonyl (C=O) groups is 1. The Morgan fingerprint density at radius 2 is 1.45 bits per heavy atom. The molecule has 0 bridgehead atoms. The third-order valence-electron chi connectivity index (χ3n) is 8.94. The zero-order chi connectivity index (χ0) is 30.7. The highest BCUT2D eigenvalue weighted by Gasteiger charge is 2.17. The molecule has 0 aromatic rings. The van der Waals surface area contributed by atoms with Crippen molar-refractivity contribution in [2.75, 3.05) is 20.3 Å². The fraction of sp³-hybridized carbons (Fsp3) is 0.750. The van der Waals surface area contributed by atoms with E-state index in [1.54, 1.807) is 6.92 Å². The summed E-state index contributed by atoms with van der Waals surface area (Å²) < 4.78 is 10.9. The lowest BCUT2D eigenvalue weighted by atomic mass is 9.82. The van der Waals surface area contributed by atoms with Gasteiger partial charge in [-0.3, -0.25) is 0 Å². The van der Waals surface area contributed by atoms with Gasteiger partial charge >= 0.3 is 5.97 Å². The fourth-order valence-corrected chi connectivity index (χ4v) is 4.90. The van der Waals surface area contributed by atoms with Crippen molar-refractivity contribution in [2.45, 2.75) is 126 Å². The molecule has 0 heterocycles. The third kappa shape index (κ3) is 17.2. The van der Waals surface area contributed by atoms with Crippen LogP contribution in [0.15, 0.2) is 47.1 Å². The number of methoxy groups -OCH3 is 1. The summed E-state index contributed by atoms with van der Waals surface area (Å²) in [4.78, 5) is 11.8. The smallest absolute Gasteiger partial charge is 0.333 e. The Hall–Kier alpha value is -1.65. The highest BCUT2D eigenvalue weighted by Crippen LogP contribution is 2.29. The first-order valence-electron chi connectivity index (χ1n) is 15.8. The first-order valence-corrected chi connectivity index (χ1v) is 15.8. The van der Waals surface area contributed by atoms with Crippen LogP contribution in [-0.4, -0.2) is 37.5 Å². The van der Waals surface area contributed by atoms with Crippen LogP contribution in [-0.2, 0) is 14.3 Å². The van der Waals surface area contributed by atoms with E-state index in [0.717, 1.165) is 37.5 Å².